The van der Waals surface area contributed by atoms with Crippen molar-refractivity contribution in [2.75, 3.05) is 6.61 Å². The number of ether oxygens (including phenoxy) is 1. The van der Waals surface area contributed by atoms with Gasteiger partial charge in [0.25, 0.3) is 0 Å². The first-order valence-electron chi connectivity index (χ1n) is 11.6. The predicted octanol–water partition coefficient (Wildman–Crippen LogP) is 4.17. The number of amides is 1. The van der Waals surface area contributed by atoms with Crippen molar-refractivity contribution in [2.24, 2.45) is 0 Å². The molecule has 1 aliphatic carbocycles. The Morgan fingerprint density at radius 3 is 2.44 bits per heavy atom. The van der Waals surface area contributed by atoms with E-state index in [2.05, 4.69) is 16.1 Å². The van der Waals surface area contributed by atoms with E-state index in [-0.39, 0.29) is 23.3 Å². The average molecular weight is 479 g/mol. The van der Waals surface area contributed by atoms with E-state index < -0.39 is 16.1 Å². The molecule has 1 aliphatic rings. The van der Waals surface area contributed by atoms with Crippen LogP contribution in [0.1, 0.15) is 42.5 Å². The second-order valence-corrected chi connectivity index (χ2v) is 10.1. The van der Waals surface area contributed by atoms with Gasteiger partial charge < -0.3 is 10.1 Å². The molecule has 178 valence electrons. The van der Waals surface area contributed by atoms with Crippen molar-refractivity contribution in [3.05, 3.63) is 95.6 Å². The zero-order valence-electron chi connectivity index (χ0n) is 19.2. The summed E-state index contributed by atoms with van der Waals surface area (Å²) in [6.07, 6.45) is 3.04. The van der Waals surface area contributed by atoms with Crippen molar-refractivity contribution in [3.63, 3.8) is 0 Å². The van der Waals surface area contributed by atoms with Gasteiger partial charge in [0.15, 0.2) is 0 Å². The molecule has 0 saturated carbocycles. The summed E-state index contributed by atoms with van der Waals surface area (Å²) in [5.74, 6) is 0.260. The van der Waals surface area contributed by atoms with Crippen LogP contribution >= 0.6 is 0 Å². The molecule has 2 N–H and O–H groups in total. The average Bonchev–Trinajstić information content (AvgIpc) is 2.85. The Morgan fingerprint density at radius 2 is 1.71 bits per heavy atom. The van der Waals surface area contributed by atoms with Crippen molar-refractivity contribution in [1.29, 1.82) is 0 Å². The van der Waals surface area contributed by atoms with Crippen molar-refractivity contribution < 1.29 is 17.9 Å². The molecule has 0 radical (unpaired) electrons. The number of sulfonamides is 1. The largest absolute Gasteiger partial charge is 0.494 e. The summed E-state index contributed by atoms with van der Waals surface area (Å²) in [4.78, 5) is 13.5. The van der Waals surface area contributed by atoms with E-state index in [1.54, 1.807) is 12.1 Å². The minimum absolute atomic E-state index is 0.0878. The monoisotopic (exact) mass is 478 g/mol. The van der Waals surface area contributed by atoms with Crippen LogP contribution in [-0.4, -0.2) is 27.0 Å². The third-order valence-corrected chi connectivity index (χ3v) is 7.52. The molecule has 34 heavy (non-hydrogen) atoms. The van der Waals surface area contributed by atoms with Gasteiger partial charge in [0.1, 0.15) is 11.8 Å². The number of carbonyl (C=O) groups excluding carboxylic acids is 1. The van der Waals surface area contributed by atoms with Crippen molar-refractivity contribution >= 4 is 15.9 Å². The SMILES string of the molecule is CCOc1ccc(S(=O)(=O)N[C@@H](Cc2ccccc2)C(=O)N[C@@H]2CCCc3ccccc32)cc1. The number of hydrogen-bond donors (Lipinski definition) is 2. The van der Waals surface area contributed by atoms with Gasteiger partial charge in [0.05, 0.1) is 17.5 Å². The van der Waals surface area contributed by atoms with Crippen LogP contribution in [0.3, 0.4) is 0 Å². The zero-order chi connectivity index (χ0) is 24.0. The molecule has 6 nitrogen and oxygen atoms in total. The Morgan fingerprint density at radius 1 is 1.00 bits per heavy atom. The first-order valence-corrected chi connectivity index (χ1v) is 13.1. The van der Waals surface area contributed by atoms with Crippen molar-refractivity contribution in [2.45, 2.75) is 49.6 Å². The van der Waals surface area contributed by atoms with E-state index in [4.69, 9.17) is 4.74 Å². The standard InChI is InChI=1S/C27H30N2O4S/c1-2-33-22-15-17-23(18-16-22)34(31,32)29-26(19-20-9-4-3-5-10-20)27(30)28-25-14-8-12-21-11-6-7-13-24(21)25/h3-7,9-11,13,15-18,25-26,29H,2,8,12,14,19H2,1H3,(H,28,30)/t25-,26+/m1/s1. The summed E-state index contributed by atoms with van der Waals surface area (Å²) in [6, 6.07) is 22.6. The highest BCUT2D eigenvalue weighted by molar-refractivity contribution is 7.89. The fourth-order valence-electron chi connectivity index (χ4n) is 4.35. The summed E-state index contributed by atoms with van der Waals surface area (Å²) >= 11 is 0. The Balaban J connectivity index is 1.56. The molecule has 3 aromatic rings. The molecular formula is C27H30N2O4S. The number of aryl methyl sites for hydroxylation is 1. The van der Waals surface area contributed by atoms with Crippen LogP contribution in [0.4, 0.5) is 0 Å². The topological polar surface area (TPSA) is 84.5 Å². The number of hydrogen-bond acceptors (Lipinski definition) is 4. The molecule has 7 heteroatoms. The molecule has 0 spiro atoms. The van der Waals surface area contributed by atoms with Crippen LogP contribution in [0.25, 0.3) is 0 Å². The number of benzene rings is 3. The van der Waals surface area contributed by atoms with Gasteiger partial charge in [0.2, 0.25) is 15.9 Å². The van der Waals surface area contributed by atoms with E-state index in [1.807, 2.05) is 55.5 Å². The molecule has 0 unspecified atom stereocenters. The van der Waals surface area contributed by atoms with Gasteiger partial charge in [-0.25, -0.2) is 8.42 Å². The molecule has 2 atom stereocenters. The van der Waals surface area contributed by atoms with Gasteiger partial charge in [-0.1, -0.05) is 54.6 Å². The summed E-state index contributed by atoms with van der Waals surface area (Å²) in [7, 11) is -3.92. The highest BCUT2D eigenvalue weighted by Gasteiger charge is 2.29. The molecule has 1 amide bonds. The van der Waals surface area contributed by atoms with Gasteiger partial charge in [-0.15, -0.1) is 0 Å². The Kier molecular flexibility index (Phi) is 7.65. The lowest BCUT2D eigenvalue weighted by atomic mass is 9.87. The highest BCUT2D eigenvalue weighted by atomic mass is 32.2. The minimum Gasteiger partial charge on any atom is -0.494 e. The number of rotatable bonds is 9. The minimum atomic E-state index is -3.92. The molecule has 0 fully saturated rings. The molecule has 0 aliphatic heterocycles. The summed E-state index contributed by atoms with van der Waals surface area (Å²) in [5, 5.41) is 3.11. The van der Waals surface area contributed by atoms with Gasteiger partial charge in [0, 0.05) is 0 Å². The van der Waals surface area contributed by atoms with Crippen LogP contribution in [0, 0.1) is 0 Å². The fourth-order valence-corrected chi connectivity index (χ4v) is 5.55. The quantitative estimate of drug-likeness (QED) is 0.484. The molecule has 3 aromatic carbocycles. The van der Waals surface area contributed by atoms with Crippen LogP contribution < -0.4 is 14.8 Å². The Bertz CT molecular complexity index is 1210. The molecule has 0 saturated heterocycles. The molecule has 0 aromatic heterocycles. The fraction of sp³-hybridized carbons (Fsp3) is 0.296. The molecule has 4 rings (SSSR count). The number of fused-ring (bicyclic) bond motifs is 1. The maximum absolute atomic E-state index is 13.4. The van der Waals surface area contributed by atoms with E-state index >= 15 is 0 Å². The number of carbonyl (C=O) groups is 1. The van der Waals surface area contributed by atoms with Gasteiger partial charge >= 0.3 is 0 Å². The summed E-state index contributed by atoms with van der Waals surface area (Å²) in [6.45, 7) is 2.36. The lowest BCUT2D eigenvalue weighted by molar-refractivity contribution is -0.123. The Labute approximate surface area is 201 Å². The zero-order valence-corrected chi connectivity index (χ0v) is 20.1. The second kappa shape index (κ2) is 10.8. The van der Waals surface area contributed by atoms with E-state index in [9.17, 15) is 13.2 Å². The summed E-state index contributed by atoms with van der Waals surface area (Å²) < 4.78 is 34.4. The highest BCUT2D eigenvalue weighted by Crippen LogP contribution is 2.29. The molecule has 0 bridgehead atoms. The lowest BCUT2D eigenvalue weighted by Crippen LogP contribution is -2.49. The number of nitrogens with one attached hydrogen (secondary N) is 2. The Hall–Kier alpha value is -3.16. The van der Waals surface area contributed by atoms with Crippen LogP contribution in [0.2, 0.25) is 0 Å². The maximum Gasteiger partial charge on any atom is 0.241 e. The smallest absolute Gasteiger partial charge is 0.241 e. The van der Waals surface area contributed by atoms with E-state index in [0.717, 1.165) is 30.4 Å². The molecule has 0 heterocycles. The first kappa shape index (κ1) is 24.0. The predicted molar refractivity (Wildman–Crippen MR) is 132 cm³/mol. The van der Waals surface area contributed by atoms with Gasteiger partial charge in [-0.3, -0.25) is 4.79 Å². The summed E-state index contributed by atoms with van der Waals surface area (Å²) in [5.41, 5.74) is 3.21. The van der Waals surface area contributed by atoms with E-state index in [0.29, 0.717) is 12.4 Å². The van der Waals surface area contributed by atoms with Gasteiger partial charge in [-0.2, -0.15) is 4.72 Å². The maximum atomic E-state index is 13.4. The van der Waals surface area contributed by atoms with Gasteiger partial charge in [-0.05, 0) is 73.6 Å². The lowest BCUT2D eigenvalue weighted by Gasteiger charge is -2.28. The van der Waals surface area contributed by atoms with Crippen molar-refractivity contribution in [1.82, 2.24) is 10.0 Å². The second-order valence-electron chi connectivity index (χ2n) is 8.42. The van der Waals surface area contributed by atoms with Crippen LogP contribution in [0.15, 0.2) is 83.8 Å². The third-order valence-electron chi connectivity index (χ3n) is 6.03. The van der Waals surface area contributed by atoms with Crippen molar-refractivity contribution in [3.8, 4) is 5.75 Å². The normalized spacial score (nSPS) is 16.3. The van der Waals surface area contributed by atoms with E-state index in [1.165, 1.54) is 17.7 Å². The third kappa shape index (κ3) is 5.85. The first-order chi connectivity index (χ1) is 16.5. The van der Waals surface area contributed by atoms with Crippen LogP contribution in [0.5, 0.6) is 5.75 Å². The van der Waals surface area contributed by atoms with Crippen LogP contribution in [-0.2, 0) is 27.7 Å². The molecular weight excluding hydrogens is 448 g/mol.